The molecule has 3 aromatic rings. The van der Waals surface area contributed by atoms with E-state index in [0.717, 1.165) is 5.69 Å². The molecule has 0 aliphatic heterocycles. The van der Waals surface area contributed by atoms with Crippen molar-refractivity contribution in [3.05, 3.63) is 34.2 Å². The summed E-state index contributed by atoms with van der Waals surface area (Å²) in [6.07, 6.45) is 0. The molecule has 98 valence electrons. The summed E-state index contributed by atoms with van der Waals surface area (Å²) in [7, 11) is 1.78. The molecule has 2 heterocycles. The van der Waals surface area contributed by atoms with Gasteiger partial charge in [-0.1, -0.05) is 15.9 Å². The molecule has 0 saturated heterocycles. The summed E-state index contributed by atoms with van der Waals surface area (Å²) in [6.45, 7) is 1.84. The van der Waals surface area contributed by atoms with E-state index in [2.05, 4.69) is 26.0 Å². The van der Waals surface area contributed by atoms with Gasteiger partial charge in [0.1, 0.15) is 11.3 Å². The molecule has 0 aliphatic carbocycles. The van der Waals surface area contributed by atoms with Crippen molar-refractivity contribution in [3.63, 3.8) is 0 Å². The summed E-state index contributed by atoms with van der Waals surface area (Å²) >= 11 is 3.23. The first kappa shape index (κ1) is 12.2. The number of benzene rings is 1. The molecule has 7 heteroatoms. The van der Waals surface area contributed by atoms with Crippen LogP contribution in [0.25, 0.3) is 16.9 Å². The van der Waals surface area contributed by atoms with E-state index in [1.165, 1.54) is 6.07 Å². The largest absolute Gasteiger partial charge is 0.369 e. The average Bonchev–Trinajstić information content (AvgIpc) is 2.79. The van der Waals surface area contributed by atoms with Crippen LogP contribution in [0.5, 0.6) is 0 Å². The van der Waals surface area contributed by atoms with Crippen molar-refractivity contribution in [1.82, 2.24) is 19.3 Å². The van der Waals surface area contributed by atoms with E-state index in [9.17, 15) is 4.39 Å². The maximum absolute atomic E-state index is 14.1. The fourth-order valence-electron chi connectivity index (χ4n) is 2.19. The van der Waals surface area contributed by atoms with Crippen molar-refractivity contribution >= 4 is 33.0 Å². The first-order valence-electron chi connectivity index (χ1n) is 5.62. The lowest BCUT2D eigenvalue weighted by Gasteiger charge is -2.08. The molecule has 0 atom stereocenters. The van der Waals surface area contributed by atoms with Crippen molar-refractivity contribution < 1.29 is 4.39 Å². The van der Waals surface area contributed by atoms with Crippen LogP contribution in [0.4, 0.5) is 10.3 Å². The fourth-order valence-corrected chi connectivity index (χ4v) is 2.52. The van der Waals surface area contributed by atoms with Crippen LogP contribution in [0.15, 0.2) is 22.7 Å². The second-order valence-corrected chi connectivity index (χ2v) is 5.20. The normalized spacial score (nSPS) is 11.4. The van der Waals surface area contributed by atoms with E-state index >= 15 is 0 Å². The van der Waals surface area contributed by atoms with E-state index in [-0.39, 0.29) is 11.8 Å². The average molecular weight is 324 g/mol. The third kappa shape index (κ3) is 1.73. The quantitative estimate of drug-likeness (QED) is 0.748. The van der Waals surface area contributed by atoms with Crippen LogP contribution < -0.4 is 5.73 Å². The zero-order valence-electron chi connectivity index (χ0n) is 10.4. The topological polar surface area (TPSA) is 61.7 Å². The Hall–Kier alpha value is -1.89. The van der Waals surface area contributed by atoms with Gasteiger partial charge in [-0.3, -0.25) is 4.57 Å². The summed E-state index contributed by atoms with van der Waals surface area (Å²) in [5.41, 5.74) is 8.38. The molecule has 0 radical (unpaired) electrons. The van der Waals surface area contributed by atoms with Crippen LogP contribution in [0, 0.1) is 12.7 Å². The minimum Gasteiger partial charge on any atom is -0.369 e. The second kappa shape index (κ2) is 4.06. The van der Waals surface area contributed by atoms with Crippen LogP contribution in [0.1, 0.15) is 5.69 Å². The van der Waals surface area contributed by atoms with Crippen molar-refractivity contribution in [3.8, 4) is 5.69 Å². The molecular formula is C12H11BrFN5. The number of nitrogens with two attached hydrogens (primary N) is 1. The van der Waals surface area contributed by atoms with Crippen LogP contribution in [0.3, 0.4) is 0 Å². The first-order chi connectivity index (χ1) is 8.99. The van der Waals surface area contributed by atoms with Crippen LogP contribution >= 0.6 is 15.9 Å². The number of nitrogens with zero attached hydrogens (tertiary/aromatic N) is 4. The van der Waals surface area contributed by atoms with Gasteiger partial charge in [-0.25, -0.2) is 14.1 Å². The Morgan fingerprint density at radius 2 is 2.11 bits per heavy atom. The summed E-state index contributed by atoms with van der Waals surface area (Å²) in [4.78, 5) is 4.25. The number of nitrogen functional groups attached to an aromatic ring is 1. The number of aryl methyl sites for hydroxylation is 2. The van der Waals surface area contributed by atoms with Gasteiger partial charge in [0.05, 0.1) is 11.4 Å². The lowest BCUT2D eigenvalue weighted by atomic mass is 10.3. The number of fused-ring (bicyclic) bond motifs is 1. The van der Waals surface area contributed by atoms with Crippen LogP contribution in [0.2, 0.25) is 0 Å². The number of anilines is 1. The standard InChI is InChI=1S/C12H11BrFN5/c1-6-10-11(18(2)17-6)19(12(15)16-10)9-4-3-7(13)5-8(9)14/h3-5H,1-2H3,(H2,15,16). The minimum atomic E-state index is -0.376. The zero-order chi connectivity index (χ0) is 13.7. The van der Waals surface area contributed by atoms with Crippen molar-refractivity contribution in [1.29, 1.82) is 0 Å². The summed E-state index contributed by atoms with van der Waals surface area (Å²) in [5.74, 6) is -0.133. The number of aromatic nitrogens is 4. The molecule has 2 aromatic heterocycles. The molecular weight excluding hydrogens is 313 g/mol. The smallest absolute Gasteiger partial charge is 0.207 e. The Labute approximate surface area is 117 Å². The van der Waals surface area contributed by atoms with Gasteiger partial charge in [0.15, 0.2) is 5.65 Å². The van der Waals surface area contributed by atoms with Gasteiger partial charge in [-0.2, -0.15) is 5.10 Å². The third-order valence-corrected chi connectivity index (χ3v) is 3.47. The lowest BCUT2D eigenvalue weighted by Crippen LogP contribution is -2.06. The van der Waals surface area contributed by atoms with E-state index in [4.69, 9.17) is 5.73 Å². The molecule has 0 fully saturated rings. The maximum atomic E-state index is 14.1. The zero-order valence-corrected chi connectivity index (χ0v) is 11.9. The number of imidazole rings is 1. The monoisotopic (exact) mass is 323 g/mol. The Morgan fingerprint density at radius 3 is 2.79 bits per heavy atom. The maximum Gasteiger partial charge on any atom is 0.207 e. The Morgan fingerprint density at radius 1 is 1.37 bits per heavy atom. The first-order valence-corrected chi connectivity index (χ1v) is 6.41. The number of hydrogen-bond acceptors (Lipinski definition) is 3. The van der Waals surface area contributed by atoms with E-state index in [1.807, 2.05) is 6.92 Å². The van der Waals surface area contributed by atoms with Crippen LogP contribution in [-0.2, 0) is 7.05 Å². The predicted molar refractivity (Wildman–Crippen MR) is 74.6 cm³/mol. The van der Waals surface area contributed by atoms with Crippen molar-refractivity contribution in [2.75, 3.05) is 5.73 Å². The highest BCUT2D eigenvalue weighted by Crippen LogP contribution is 2.27. The van der Waals surface area contributed by atoms with Crippen molar-refractivity contribution in [2.24, 2.45) is 7.05 Å². The highest BCUT2D eigenvalue weighted by molar-refractivity contribution is 9.10. The molecule has 0 amide bonds. The molecule has 0 bridgehead atoms. The van der Waals surface area contributed by atoms with Gasteiger partial charge in [0.25, 0.3) is 0 Å². The molecule has 0 spiro atoms. The predicted octanol–water partition coefficient (Wildman–Crippen LogP) is 2.55. The number of rotatable bonds is 1. The van der Waals surface area contributed by atoms with E-state index < -0.39 is 0 Å². The second-order valence-electron chi connectivity index (χ2n) is 4.28. The highest BCUT2D eigenvalue weighted by atomic mass is 79.9. The molecule has 1 aromatic carbocycles. The van der Waals surface area contributed by atoms with Gasteiger partial charge >= 0.3 is 0 Å². The minimum absolute atomic E-state index is 0.243. The molecule has 19 heavy (non-hydrogen) atoms. The Balaban J connectivity index is 2.38. The van der Waals surface area contributed by atoms with Gasteiger partial charge in [0.2, 0.25) is 5.95 Å². The van der Waals surface area contributed by atoms with Gasteiger partial charge in [-0.15, -0.1) is 0 Å². The summed E-state index contributed by atoms with van der Waals surface area (Å²) in [5, 5.41) is 4.27. The lowest BCUT2D eigenvalue weighted by molar-refractivity contribution is 0.617. The number of hydrogen-bond donors (Lipinski definition) is 1. The molecule has 0 aliphatic rings. The van der Waals surface area contributed by atoms with E-state index in [0.29, 0.717) is 21.3 Å². The molecule has 0 saturated carbocycles. The SMILES string of the molecule is Cc1nn(C)c2c1nc(N)n2-c1ccc(Br)cc1F. The van der Waals surface area contributed by atoms with Gasteiger partial charge in [0, 0.05) is 11.5 Å². The summed E-state index contributed by atoms with van der Waals surface area (Å²) in [6, 6.07) is 4.80. The van der Waals surface area contributed by atoms with E-state index in [1.54, 1.807) is 28.4 Å². The molecule has 5 nitrogen and oxygen atoms in total. The van der Waals surface area contributed by atoms with Crippen LogP contribution in [-0.4, -0.2) is 19.3 Å². The number of halogens is 2. The van der Waals surface area contributed by atoms with Gasteiger partial charge < -0.3 is 5.73 Å². The third-order valence-electron chi connectivity index (χ3n) is 2.98. The summed E-state index contributed by atoms with van der Waals surface area (Å²) < 4.78 is 18.0. The molecule has 3 rings (SSSR count). The Kier molecular flexibility index (Phi) is 2.60. The van der Waals surface area contributed by atoms with Crippen molar-refractivity contribution in [2.45, 2.75) is 6.92 Å². The molecule has 0 unspecified atom stereocenters. The fraction of sp³-hybridized carbons (Fsp3) is 0.167. The highest BCUT2D eigenvalue weighted by Gasteiger charge is 2.18. The molecule has 2 N–H and O–H groups in total. The Bertz CT molecular complexity index is 789. The van der Waals surface area contributed by atoms with Gasteiger partial charge in [-0.05, 0) is 25.1 Å².